The van der Waals surface area contributed by atoms with Gasteiger partial charge in [0.2, 0.25) is 0 Å². The van der Waals surface area contributed by atoms with Crippen LogP contribution in [0.4, 0.5) is 11.4 Å². The third-order valence-electron chi connectivity index (χ3n) is 2.78. The summed E-state index contributed by atoms with van der Waals surface area (Å²) in [5, 5.41) is 0. The highest BCUT2D eigenvalue weighted by Gasteiger charge is 2.15. The molecule has 76 valence electrons. The average molecular weight is 255 g/mol. The highest BCUT2D eigenvalue weighted by atomic mass is 79.9. The molecule has 1 fully saturated rings. The molecule has 1 aromatic rings. The zero-order valence-electron chi connectivity index (χ0n) is 8.39. The molecule has 1 aliphatic rings. The van der Waals surface area contributed by atoms with E-state index in [0.29, 0.717) is 0 Å². The van der Waals surface area contributed by atoms with Gasteiger partial charge in [0.25, 0.3) is 0 Å². The molecule has 0 aromatic heterocycles. The van der Waals surface area contributed by atoms with Crippen LogP contribution in [0, 0.1) is 6.92 Å². The summed E-state index contributed by atoms with van der Waals surface area (Å²) in [5.74, 6) is 0. The van der Waals surface area contributed by atoms with Crippen molar-refractivity contribution in [2.45, 2.75) is 19.8 Å². The van der Waals surface area contributed by atoms with E-state index in [1.54, 1.807) is 0 Å². The number of aryl methyl sites for hydroxylation is 1. The molecule has 1 aliphatic heterocycles. The SMILES string of the molecule is Cc1cc(Br)c(N2CCCC2)cc1N. The summed E-state index contributed by atoms with van der Waals surface area (Å²) in [7, 11) is 0. The van der Waals surface area contributed by atoms with Crippen LogP contribution in [-0.4, -0.2) is 13.1 Å². The first-order valence-electron chi connectivity index (χ1n) is 4.99. The number of hydrogen-bond donors (Lipinski definition) is 1. The van der Waals surface area contributed by atoms with Gasteiger partial charge in [-0.05, 0) is 53.4 Å². The van der Waals surface area contributed by atoms with Crippen molar-refractivity contribution in [3.63, 3.8) is 0 Å². The second-order valence-corrected chi connectivity index (χ2v) is 4.71. The third kappa shape index (κ3) is 1.73. The molecule has 3 heteroatoms. The van der Waals surface area contributed by atoms with Crippen LogP contribution in [0.2, 0.25) is 0 Å². The van der Waals surface area contributed by atoms with Gasteiger partial charge in [-0.3, -0.25) is 0 Å². The van der Waals surface area contributed by atoms with Gasteiger partial charge in [-0.15, -0.1) is 0 Å². The van der Waals surface area contributed by atoms with E-state index in [1.165, 1.54) is 18.5 Å². The Labute approximate surface area is 93.2 Å². The van der Waals surface area contributed by atoms with Crippen molar-refractivity contribution in [1.82, 2.24) is 0 Å². The quantitative estimate of drug-likeness (QED) is 0.782. The van der Waals surface area contributed by atoms with Gasteiger partial charge >= 0.3 is 0 Å². The van der Waals surface area contributed by atoms with E-state index < -0.39 is 0 Å². The molecule has 2 rings (SSSR count). The van der Waals surface area contributed by atoms with Gasteiger partial charge in [0.05, 0.1) is 5.69 Å². The Morgan fingerprint density at radius 2 is 1.93 bits per heavy atom. The molecule has 0 bridgehead atoms. The van der Waals surface area contributed by atoms with E-state index in [4.69, 9.17) is 5.73 Å². The molecular formula is C11H15BrN2. The number of rotatable bonds is 1. The number of nitrogens with zero attached hydrogens (tertiary/aromatic N) is 1. The Bertz CT molecular complexity index is 343. The molecule has 0 aliphatic carbocycles. The van der Waals surface area contributed by atoms with Crippen molar-refractivity contribution >= 4 is 27.3 Å². The predicted octanol–water partition coefficient (Wildman–Crippen LogP) is 2.94. The van der Waals surface area contributed by atoms with E-state index in [-0.39, 0.29) is 0 Å². The van der Waals surface area contributed by atoms with Gasteiger partial charge in [-0.2, -0.15) is 0 Å². The molecule has 2 N–H and O–H groups in total. The van der Waals surface area contributed by atoms with E-state index in [0.717, 1.165) is 28.8 Å². The molecule has 2 nitrogen and oxygen atoms in total. The highest BCUT2D eigenvalue weighted by Crippen LogP contribution is 2.32. The molecule has 1 aromatic carbocycles. The molecule has 0 unspecified atom stereocenters. The average Bonchev–Trinajstić information content (AvgIpc) is 2.64. The van der Waals surface area contributed by atoms with E-state index in [2.05, 4.69) is 33.0 Å². The maximum atomic E-state index is 5.91. The van der Waals surface area contributed by atoms with Gasteiger partial charge in [0.1, 0.15) is 0 Å². The van der Waals surface area contributed by atoms with Gasteiger partial charge in [0, 0.05) is 23.2 Å². The summed E-state index contributed by atoms with van der Waals surface area (Å²) < 4.78 is 1.16. The number of nitrogens with two attached hydrogens (primary N) is 1. The topological polar surface area (TPSA) is 29.3 Å². The zero-order valence-corrected chi connectivity index (χ0v) is 9.97. The Kier molecular flexibility index (Phi) is 2.68. The summed E-state index contributed by atoms with van der Waals surface area (Å²) in [5.41, 5.74) is 9.17. The van der Waals surface area contributed by atoms with Crippen LogP contribution in [0.15, 0.2) is 16.6 Å². The molecular weight excluding hydrogens is 240 g/mol. The normalized spacial score (nSPS) is 16.3. The van der Waals surface area contributed by atoms with Crippen LogP contribution < -0.4 is 10.6 Å². The number of halogens is 1. The minimum Gasteiger partial charge on any atom is -0.398 e. The largest absolute Gasteiger partial charge is 0.398 e. The Hall–Kier alpha value is -0.700. The standard InChI is InChI=1S/C11H15BrN2/c1-8-6-9(12)11(7-10(8)13)14-4-2-3-5-14/h6-7H,2-5,13H2,1H3. The number of hydrogen-bond acceptors (Lipinski definition) is 2. The van der Waals surface area contributed by atoms with Crippen LogP contribution in [0.1, 0.15) is 18.4 Å². The van der Waals surface area contributed by atoms with Gasteiger partial charge in [-0.25, -0.2) is 0 Å². The number of nitrogen functional groups attached to an aromatic ring is 1. The lowest BCUT2D eigenvalue weighted by atomic mass is 10.2. The number of benzene rings is 1. The maximum Gasteiger partial charge on any atom is 0.0531 e. The summed E-state index contributed by atoms with van der Waals surface area (Å²) in [4.78, 5) is 2.39. The second kappa shape index (κ2) is 3.81. The van der Waals surface area contributed by atoms with E-state index in [1.807, 2.05) is 6.92 Å². The van der Waals surface area contributed by atoms with Crippen LogP contribution in [-0.2, 0) is 0 Å². The molecule has 0 saturated carbocycles. The van der Waals surface area contributed by atoms with Crippen LogP contribution in [0.5, 0.6) is 0 Å². The van der Waals surface area contributed by atoms with Crippen molar-refractivity contribution in [1.29, 1.82) is 0 Å². The predicted molar refractivity (Wildman–Crippen MR) is 64.7 cm³/mol. The fourth-order valence-corrected chi connectivity index (χ4v) is 2.59. The first kappa shape index (κ1) is 9.84. The molecule has 0 radical (unpaired) electrons. The Morgan fingerprint density at radius 1 is 1.29 bits per heavy atom. The van der Waals surface area contributed by atoms with E-state index in [9.17, 15) is 0 Å². The van der Waals surface area contributed by atoms with Crippen molar-refractivity contribution in [3.05, 3.63) is 22.2 Å². The Balaban J connectivity index is 2.37. The van der Waals surface area contributed by atoms with Crippen molar-refractivity contribution in [2.24, 2.45) is 0 Å². The van der Waals surface area contributed by atoms with Crippen LogP contribution >= 0.6 is 15.9 Å². The first-order valence-corrected chi connectivity index (χ1v) is 5.78. The summed E-state index contributed by atoms with van der Waals surface area (Å²) in [6, 6.07) is 4.17. The maximum absolute atomic E-state index is 5.91. The molecule has 1 heterocycles. The lowest BCUT2D eigenvalue weighted by molar-refractivity contribution is 0.949. The molecule has 1 saturated heterocycles. The van der Waals surface area contributed by atoms with Crippen molar-refractivity contribution in [2.75, 3.05) is 23.7 Å². The number of anilines is 2. The Morgan fingerprint density at radius 3 is 2.57 bits per heavy atom. The summed E-state index contributed by atoms with van der Waals surface area (Å²) >= 11 is 3.59. The smallest absolute Gasteiger partial charge is 0.0531 e. The monoisotopic (exact) mass is 254 g/mol. The third-order valence-corrected chi connectivity index (χ3v) is 3.42. The van der Waals surface area contributed by atoms with Crippen molar-refractivity contribution < 1.29 is 0 Å². The van der Waals surface area contributed by atoms with Gasteiger partial charge in [-0.1, -0.05) is 0 Å². The molecule has 14 heavy (non-hydrogen) atoms. The fourth-order valence-electron chi connectivity index (χ4n) is 1.88. The summed E-state index contributed by atoms with van der Waals surface area (Å²) in [6.07, 6.45) is 2.58. The van der Waals surface area contributed by atoms with Crippen LogP contribution in [0.3, 0.4) is 0 Å². The molecule has 0 spiro atoms. The molecule has 0 amide bonds. The first-order chi connectivity index (χ1) is 6.68. The molecule has 0 atom stereocenters. The lowest BCUT2D eigenvalue weighted by Crippen LogP contribution is -2.18. The summed E-state index contributed by atoms with van der Waals surface area (Å²) in [6.45, 7) is 4.34. The highest BCUT2D eigenvalue weighted by molar-refractivity contribution is 9.10. The van der Waals surface area contributed by atoms with E-state index >= 15 is 0 Å². The van der Waals surface area contributed by atoms with Crippen LogP contribution in [0.25, 0.3) is 0 Å². The zero-order chi connectivity index (χ0) is 10.1. The minimum atomic E-state index is 0.884. The lowest BCUT2D eigenvalue weighted by Gasteiger charge is -2.20. The second-order valence-electron chi connectivity index (χ2n) is 3.85. The van der Waals surface area contributed by atoms with Gasteiger partial charge in [0.15, 0.2) is 0 Å². The van der Waals surface area contributed by atoms with Crippen molar-refractivity contribution in [3.8, 4) is 0 Å². The minimum absolute atomic E-state index is 0.884. The van der Waals surface area contributed by atoms with Gasteiger partial charge < -0.3 is 10.6 Å². The fraction of sp³-hybridized carbons (Fsp3) is 0.455.